The summed E-state index contributed by atoms with van der Waals surface area (Å²) >= 11 is 0. The van der Waals surface area contributed by atoms with Crippen LogP contribution in [0, 0.1) is 10.1 Å². The van der Waals surface area contributed by atoms with E-state index in [1.165, 1.54) is 12.1 Å². The number of hydrogen-bond donors (Lipinski definition) is 1. The molecule has 1 unspecified atom stereocenters. The molecule has 0 fully saturated rings. The molecule has 1 spiro atoms. The fourth-order valence-electron chi connectivity index (χ4n) is 3.46. The third-order valence-corrected chi connectivity index (χ3v) is 4.52. The SMILES string of the molecule is O=[N+]([O-])c1ccc2c(c1)C=CC1(Cc3ccccc3N1CCO)O2. The van der Waals surface area contributed by atoms with Crippen molar-refractivity contribution in [3.8, 4) is 5.75 Å². The Labute approximate surface area is 138 Å². The number of β-amino-alcohol motifs (C(OH)–C–C–N with tert-alkyl or cyclic N) is 1. The summed E-state index contributed by atoms with van der Waals surface area (Å²) in [5.41, 5.74) is 2.23. The fourth-order valence-corrected chi connectivity index (χ4v) is 3.46. The van der Waals surface area contributed by atoms with Crippen LogP contribution in [-0.4, -0.2) is 28.9 Å². The van der Waals surface area contributed by atoms with E-state index in [0.29, 0.717) is 24.3 Å². The number of aliphatic hydroxyl groups is 1. The topological polar surface area (TPSA) is 75.8 Å². The Morgan fingerprint density at radius 3 is 2.92 bits per heavy atom. The highest BCUT2D eigenvalue weighted by Gasteiger charge is 2.45. The number of benzene rings is 2. The lowest BCUT2D eigenvalue weighted by molar-refractivity contribution is -0.384. The van der Waals surface area contributed by atoms with Gasteiger partial charge in [-0.15, -0.1) is 0 Å². The number of aliphatic hydroxyl groups excluding tert-OH is 1. The smallest absolute Gasteiger partial charge is 0.270 e. The molecule has 2 aliphatic rings. The molecule has 0 aliphatic carbocycles. The third kappa shape index (κ3) is 2.15. The molecule has 0 aromatic heterocycles. The van der Waals surface area contributed by atoms with Gasteiger partial charge in [-0.2, -0.15) is 0 Å². The lowest BCUT2D eigenvalue weighted by atomic mass is 10.0. The third-order valence-electron chi connectivity index (χ3n) is 4.52. The van der Waals surface area contributed by atoms with Crippen LogP contribution in [-0.2, 0) is 6.42 Å². The van der Waals surface area contributed by atoms with Crippen molar-refractivity contribution in [1.29, 1.82) is 0 Å². The van der Waals surface area contributed by atoms with Crippen molar-refractivity contribution in [3.05, 3.63) is 69.8 Å². The van der Waals surface area contributed by atoms with Crippen molar-refractivity contribution in [2.75, 3.05) is 18.1 Å². The zero-order valence-corrected chi connectivity index (χ0v) is 12.9. The van der Waals surface area contributed by atoms with Crippen LogP contribution in [0.25, 0.3) is 6.08 Å². The molecule has 6 heteroatoms. The molecule has 0 saturated carbocycles. The van der Waals surface area contributed by atoms with E-state index in [4.69, 9.17) is 4.74 Å². The van der Waals surface area contributed by atoms with Crippen molar-refractivity contribution in [2.45, 2.75) is 12.1 Å². The lowest BCUT2D eigenvalue weighted by Crippen LogP contribution is -2.52. The highest BCUT2D eigenvalue weighted by molar-refractivity contribution is 5.70. The highest BCUT2D eigenvalue weighted by atomic mass is 16.6. The predicted molar refractivity (Wildman–Crippen MR) is 90.1 cm³/mol. The molecule has 1 N–H and O–H groups in total. The van der Waals surface area contributed by atoms with E-state index in [1.54, 1.807) is 6.07 Å². The second-order valence-corrected chi connectivity index (χ2v) is 5.94. The molecule has 24 heavy (non-hydrogen) atoms. The lowest BCUT2D eigenvalue weighted by Gasteiger charge is -2.40. The Morgan fingerprint density at radius 2 is 2.12 bits per heavy atom. The van der Waals surface area contributed by atoms with E-state index in [-0.39, 0.29) is 12.3 Å². The van der Waals surface area contributed by atoms with Gasteiger partial charge in [-0.1, -0.05) is 18.2 Å². The number of hydrogen-bond acceptors (Lipinski definition) is 5. The van der Waals surface area contributed by atoms with Gasteiger partial charge in [0.05, 0.1) is 11.5 Å². The number of rotatable bonds is 3. The van der Waals surface area contributed by atoms with Gasteiger partial charge in [0, 0.05) is 36.3 Å². The van der Waals surface area contributed by atoms with Crippen LogP contribution in [0.4, 0.5) is 11.4 Å². The van der Waals surface area contributed by atoms with Crippen LogP contribution in [0.15, 0.2) is 48.5 Å². The first kappa shape index (κ1) is 14.7. The second-order valence-electron chi connectivity index (χ2n) is 5.94. The number of nitro groups is 1. The van der Waals surface area contributed by atoms with Gasteiger partial charge in [-0.3, -0.25) is 10.1 Å². The summed E-state index contributed by atoms with van der Waals surface area (Å²) < 4.78 is 6.27. The number of anilines is 1. The number of ether oxygens (including phenoxy) is 1. The van der Waals surface area contributed by atoms with Crippen molar-refractivity contribution < 1.29 is 14.8 Å². The summed E-state index contributed by atoms with van der Waals surface area (Å²) in [6.07, 6.45) is 4.45. The standard InChI is InChI=1S/C18H16N2O4/c21-10-9-19-16-4-2-1-3-14(16)12-18(19)8-7-13-11-15(20(22)23)5-6-17(13)24-18/h1-8,11,21H,9-10,12H2. The Kier molecular flexibility index (Phi) is 3.28. The summed E-state index contributed by atoms with van der Waals surface area (Å²) in [5.74, 6) is 0.610. The molecule has 0 bridgehead atoms. The van der Waals surface area contributed by atoms with Crippen LogP contribution in [0.2, 0.25) is 0 Å². The quantitative estimate of drug-likeness (QED) is 0.694. The Balaban J connectivity index is 1.75. The van der Waals surface area contributed by atoms with Crippen LogP contribution < -0.4 is 9.64 Å². The highest BCUT2D eigenvalue weighted by Crippen LogP contribution is 2.44. The second kappa shape index (κ2) is 5.35. The zero-order valence-electron chi connectivity index (χ0n) is 12.9. The predicted octanol–water partition coefficient (Wildman–Crippen LogP) is 2.75. The molecule has 4 rings (SSSR count). The molecule has 2 aliphatic heterocycles. The summed E-state index contributed by atoms with van der Waals surface area (Å²) in [6, 6.07) is 12.6. The van der Waals surface area contributed by atoms with Gasteiger partial charge in [-0.05, 0) is 29.8 Å². The molecule has 6 nitrogen and oxygen atoms in total. The van der Waals surface area contributed by atoms with Crippen molar-refractivity contribution in [1.82, 2.24) is 0 Å². The summed E-state index contributed by atoms with van der Waals surface area (Å²) in [4.78, 5) is 12.6. The molecule has 0 radical (unpaired) electrons. The fraction of sp³-hybridized carbons (Fsp3) is 0.222. The molecule has 1 atom stereocenters. The van der Waals surface area contributed by atoms with Crippen molar-refractivity contribution in [2.24, 2.45) is 0 Å². The molecular formula is C18H16N2O4. The maximum absolute atomic E-state index is 10.9. The van der Waals surface area contributed by atoms with Crippen LogP contribution in [0.5, 0.6) is 5.75 Å². The number of para-hydroxylation sites is 1. The van der Waals surface area contributed by atoms with E-state index >= 15 is 0 Å². The number of nitro benzene ring substituents is 1. The average molecular weight is 324 g/mol. The largest absolute Gasteiger partial charge is 0.463 e. The van der Waals surface area contributed by atoms with Gasteiger partial charge in [0.25, 0.3) is 5.69 Å². The molecule has 2 aromatic carbocycles. The van der Waals surface area contributed by atoms with Crippen LogP contribution >= 0.6 is 0 Å². The van der Waals surface area contributed by atoms with Gasteiger partial charge >= 0.3 is 0 Å². The van der Waals surface area contributed by atoms with Gasteiger partial charge in [0.1, 0.15) is 5.75 Å². The molecule has 122 valence electrons. The van der Waals surface area contributed by atoms with E-state index < -0.39 is 10.6 Å². The van der Waals surface area contributed by atoms with Crippen molar-refractivity contribution >= 4 is 17.5 Å². The van der Waals surface area contributed by atoms with Crippen LogP contribution in [0.3, 0.4) is 0 Å². The Bertz CT molecular complexity index is 849. The maximum Gasteiger partial charge on any atom is 0.270 e. The summed E-state index contributed by atoms with van der Waals surface area (Å²) in [5, 5.41) is 20.4. The Hall–Kier alpha value is -2.86. The molecule has 2 heterocycles. The molecule has 2 aromatic rings. The molecule has 0 saturated heterocycles. The van der Waals surface area contributed by atoms with Gasteiger partial charge in [0.2, 0.25) is 5.72 Å². The number of non-ortho nitro benzene ring substituents is 1. The van der Waals surface area contributed by atoms with Crippen LogP contribution in [0.1, 0.15) is 11.1 Å². The minimum atomic E-state index is -0.699. The monoisotopic (exact) mass is 324 g/mol. The van der Waals surface area contributed by atoms with E-state index in [9.17, 15) is 15.2 Å². The van der Waals surface area contributed by atoms with Gasteiger partial charge < -0.3 is 14.7 Å². The number of nitrogens with zero attached hydrogens (tertiary/aromatic N) is 2. The number of fused-ring (bicyclic) bond motifs is 2. The summed E-state index contributed by atoms with van der Waals surface area (Å²) in [7, 11) is 0. The van der Waals surface area contributed by atoms with Gasteiger partial charge in [0.15, 0.2) is 0 Å². The first-order valence-electron chi connectivity index (χ1n) is 7.76. The van der Waals surface area contributed by atoms with Crippen molar-refractivity contribution in [3.63, 3.8) is 0 Å². The normalized spacial score (nSPS) is 20.6. The maximum atomic E-state index is 10.9. The minimum Gasteiger partial charge on any atom is -0.463 e. The van der Waals surface area contributed by atoms with Gasteiger partial charge in [-0.25, -0.2) is 0 Å². The van der Waals surface area contributed by atoms with E-state index in [1.807, 2.05) is 35.3 Å². The average Bonchev–Trinajstić information content (AvgIpc) is 2.88. The Morgan fingerprint density at radius 1 is 1.29 bits per heavy atom. The molecular weight excluding hydrogens is 308 g/mol. The van der Waals surface area contributed by atoms with E-state index in [0.717, 1.165) is 11.3 Å². The molecule has 0 amide bonds. The first-order chi connectivity index (χ1) is 11.6. The zero-order chi connectivity index (χ0) is 16.7. The van der Waals surface area contributed by atoms with E-state index in [2.05, 4.69) is 6.07 Å². The summed E-state index contributed by atoms with van der Waals surface area (Å²) in [6.45, 7) is 0.462. The first-order valence-corrected chi connectivity index (χ1v) is 7.76. The minimum absolute atomic E-state index is 0.0143.